The predicted octanol–water partition coefficient (Wildman–Crippen LogP) is 5.05. The van der Waals surface area contributed by atoms with E-state index in [0.29, 0.717) is 30.8 Å². The van der Waals surface area contributed by atoms with E-state index in [1.165, 1.54) is 0 Å². The van der Waals surface area contributed by atoms with Crippen molar-refractivity contribution in [3.63, 3.8) is 0 Å². The molecule has 2 aromatic heterocycles. The maximum atomic E-state index is 13.2. The van der Waals surface area contributed by atoms with Crippen LogP contribution in [0.2, 0.25) is 0 Å². The molecular formula is C22H28Cl2N4O. The zero-order valence-electron chi connectivity index (χ0n) is 17.2. The molecule has 0 N–H and O–H groups in total. The van der Waals surface area contributed by atoms with E-state index in [1.807, 2.05) is 24.5 Å². The van der Waals surface area contributed by atoms with Crippen LogP contribution in [0.25, 0.3) is 12.2 Å². The molecule has 2 aromatic rings. The fraction of sp³-hybridized carbons (Fsp3) is 0.500. The molecule has 1 fully saturated rings. The second kappa shape index (κ2) is 9.31. The number of aromatic nitrogens is 4. The van der Waals surface area contributed by atoms with Crippen LogP contribution in [0.5, 0.6) is 0 Å². The van der Waals surface area contributed by atoms with Crippen LogP contribution in [0.3, 0.4) is 0 Å². The molecule has 1 aliphatic carbocycles. The molecule has 1 saturated carbocycles. The monoisotopic (exact) mass is 434 g/mol. The normalized spacial score (nSPS) is 20.7. The van der Waals surface area contributed by atoms with E-state index in [-0.39, 0.29) is 11.2 Å². The Labute approximate surface area is 182 Å². The predicted molar refractivity (Wildman–Crippen MR) is 119 cm³/mol. The highest BCUT2D eigenvalue weighted by Crippen LogP contribution is 2.41. The molecule has 0 amide bonds. The summed E-state index contributed by atoms with van der Waals surface area (Å²) in [4.78, 5) is 13.2. The molecule has 1 atom stereocenters. The van der Waals surface area contributed by atoms with E-state index in [0.717, 1.165) is 35.1 Å². The van der Waals surface area contributed by atoms with Crippen molar-refractivity contribution in [3.05, 3.63) is 47.1 Å². The van der Waals surface area contributed by atoms with Crippen molar-refractivity contribution in [1.29, 1.82) is 0 Å². The number of hydrogen-bond acceptors (Lipinski definition) is 3. The lowest BCUT2D eigenvalue weighted by molar-refractivity contribution is -0.113. The molecule has 0 aromatic carbocycles. The van der Waals surface area contributed by atoms with Crippen LogP contribution >= 0.6 is 23.2 Å². The molecule has 2 heterocycles. The Hall–Kier alpha value is -1.85. The van der Waals surface area contributed by atoms with Gasteiger partial charge in [0.15, 0.2) is 5.78 Å². The number of rotatable bonds is 6. The van der Waals surface area contributed by atoms with Crippen molar-refractivity contribution in [3.8, 4) is 0 Å². The van der Waals surface area contributed by atoms with Gasteiger partial charge in [0.05, 0.1) is 25.5 Å². The van der Waals surface area contributed by atoms with Gasteiger partial charge in [0.2, 0.25) is 0 Å². The average Bonchev–Trinajstić information content (AvgIpc) is 3.27. The number of aryl methyl sites for hydroxylation is 2. The fourth-order valence-corrected chi connectivity index (χ4v) is 3.93. The van der Waals surface area contributed by atoms with Gasteiger partial charge >= 0.3 is 0 Å². The Balaban J connectivity index is 1.92. The van der Waals surface area contributed by atoms with Gasteiger partial charge < -0.3 is 0 Å². The van der Waals surface area contributed by atoms with Crippen LogP contribution in [-0.2, 0) is 17.9 Å². The third-order valence-electron chi connectivity index (χ3n) is 5.36. The van der Waals surface area contributed by atoms with Crippen LogP contribution in [0.15, 0.2) is 35.9 Å². The zero-order chi connectivity index (χ0) is 21.0. The Morgan fingerprint density at radius 3 is 1.79 bits per heavy atom. The van der Waals surface area contributed by atoms with Crippen molar-refractivity contribution in [2.75, 3.05) is 11.8 Å². The highest BCUT2D eigenvalue weighted by molar-refractivity contribution is 6.18. The summed E-state index contributed by atoms with van der Waals surface area (Å²) in [7, 11) is 0. The highest BCUT2D eigenvalue weighted by atomic mass is 35.5. The molecule has 0 aliphatic heterocycles. The van der Waals surface area contributed by atoms with Gasteiger partial charge in [-0.2, -0.15) is 10.2 Å². The molecule has 3 rings (SSSR count). The molecule has 1 aliphatic rings. The summed E-state index contributed by atoms with van der Waals surface area (Å²) >= 11 is 11.6. The van der Waals surface area contributed by atoms with Crippen LogP contribution < -0.4 is 0 Å². The number of allylic oxidation sites excluding steroid dienone is 2. The number of carbonyl (C=O) groups excluding carboxylic acids is 1. The number of Topliss-reactive ketones (excluding diaryl/α,β-unsaturated/α-hetero) is 1. The van der Waals surface area contributed by atoms with Gasteiger partial charge in [0.1, 0.15) is 0 Å². The largest absolute Gasteiger partial charge is 0.289 e. The maximum Gasteiger partial charge on any atom is 0.185 e. The van der Waals surface area contributed by atoms with Gasteiger partial charge in [-0.15, -0.1) is 23.2 Å². The van der Waals surface area contributed by atoms with Gasteiger partial charge in [-0.1, -0.05) is 20.8 Å². The molecule has 29 heavy (non-hydrogen) atoms. The van der Waals surface area contributed by atoms with Crippen molar-refractivity contribution in [2.45, 2.75) is 46.7 Å². The number of halogens is 2. The van der Waals surface area contributed by atoms with E-state index >= 15 is 0 Å². The lowest BCUT2D eigenvalue weighted by Gasteiger charge is -2.35. The number of hydrogen-bond donors (Lipinski definition) is 0. The van der Waals surface area contributed by atoms with E-state index in [2.05, 4.69) is 31.0 Å². The lowest BCUT2D eigenvalue weighted by Crippen LogP contribution is -2.29. The highest BCUT2D eigenvalue weighted by Gasteiger charge is 2.34. The summed E-state index contributed by atoms with van der Waals surface area (Å²) in [5.41, 5.74) is 3.64. The summed E-state index contributed by atoms with van der Waals surface area (Å²) in [6.07, 6.45) is 12.9. The van der Waals surface area contributed by atoms with E-state index in [1.54, 1.807) is 21.8 Å². The van der Waals surface area contributed by atoms with Gasteiger partial charge in [0, 0.05) is 46.4 Å². The number of nitrogens with zero attached hydrogens (tertiary/aromatic N) is 4. The van der Waals surface area contributed by atoms with Crippen LogP contribution in [-0.4, -0.2) is 37.1 Å². The zero-order valence-corrected chi connectivity index (χ0v) is 18.7. The fourth-order valence-electron chi connectivity index (χ4n) is 3.58. The second-order valence-corrected chi connectivity index (χ2v) is 9.35. The minimum absolute atomic E-state index is 0.102. The Bertz CT molecular complexity index is 851. The van der Waals surface area contributed by atoms with Gasteiger partial charge in [0.25, 0.3) is 0 Å². The van der Waals surface area contributed by atoms with Crippen LogP contribution in [0, 0.1) is 11.3 Å². The topological polar surface area (TPSA) is 52.7 Å². The molecular weight excluding hydrogens is 407 g/mol. The van der Waals surface area contributed by atoms with Crippen molar-refractivity contribution in [1.82, 2.24) is 19.6 Å². The summed E-state index contributed by atoms with van der Waals surface area (Å²) in [5, 5.41) is 8.62. The standard InChI is InChI=1S/C22H28Cl2N4O/c1-22(2,3)20-10-18(8-16-12-25-27(14-16)6-4-23)21(29)19(11-20)9-17-13-26-28(15-17)7-5-24/h8-9,12-15,20H,4-7,10-11H2,1-3H3/b18-8-,19-9+. The van der Waals surface area contributed by atoms with Crippen molar-refractivity contribution in [2.24, 2.45) is 11.3 Å². The minimum Gasteiger partial charge on any atom is -0.289 e. The second-order valence-electron chi connectivity index (χ2n) is 8.59. The third kappa shape index (κ3) is 5.61. The molecule has 1 unspecified atom stereocenters. The Kier molecular flexibility index (Phi) is 7.01. The average molecular weight is 435 g/mol. The molecule has 0 spiro atoms. The first-order valence-electron chi connectivity index (χ1n) is 9.93. The summed E-state index contributed by atoms with van der Waals surface area (Å²) in [6, 6.07) is 0. The number of ketones is 1. The lowest BCUT2D eigenvalue weighted by atomic mass is 9.68. The Morgan fingerprint density at radius 2 is 1.41 bits per heavy atom. The van der Waals surface area contributed by atoms with Crippen molar-refractivity contribution >= 4 is 41.1 Å². The minimum atomic E-state index is 0.102. The van der Waals surface area contributed by atoms with Crippen LogP contribution in [0.1, 0.15) is 44.7 Å². The molecule has 156 valence electrons. The summed E-state index contributed by atoms with van der Waals surface area (Å²) in [6.45, 7) is 8.01. The smallest absolute Gasteiger partial charge is 0.185 e. The number of carbonyl (C=O) groups is 1. The van der Waals surface area contributed by atoms with Gasteiger partial charge in [-0.05, 0) is 36.3 Å². The number of alkyl halides is 2. The van der Waals surface area contributed by atoms with Gasteiger partial charge in [-0.3, -0.25) is 14.2 Å². The van der Waals surface area contributed by atoms with Crippen molar-refractivity contribution < 1.29 is 4.79 Å². The summed E-state index contributed by atoms with van der Waals surface area (Å²) < 4.78 is 3.60. The van der Waals surface area contributed by atoms with E-state index in [9.17, 15) is 4.79 Å². The third-order valence-corrected chi connectivity index (χ3v) is 5.69. The molecule has 7 heteroatoms. The quantitative estimate of drug-likeness (QED) is 0.471. The molecule has 0 bridgehead atoms. The first-order valence-corrected chi connectivity index (χ1v) is 11.0. The SMILES string of the molecule is CC(C)(C)C1C/C(=C/c2cnn(CCCl)c2)C(=O)/C(=C/c2cnn(CCCl)c2)C1. The molecule has 0 saturated heterocycles. The van der Waals surface area contributed by atoms with E-state index < -0.39 is 0 Å². The van der Waals surface area contributed by atoms with E-state index in [4.69, 9.17) is 23.2 Å². The maximum absolute atomic E-state index is 13.2. The Morgan fingerprint density at radius 1 is 0.966 bits per heavy atom. The van der Waals surface area contributed by atoms with Crippen LogP contribution in [0.4, 0.5) is 0 Å². The first-order chi connectivity index (χ1) is 13.8. The summed E-state index contributed by atoms with van der Waals surface area (Å²) in [5.74, 6) is 1.51. The van der Waals surface area contributed by atoms with Gasteiger partial charge in [-0.25, -0.2) is 0 Å². The first kappa shape index (κ1) is 21.8. The molecule has 5 nitrogen and oxygen atoms in total. The molecule has 0 radical (unpaired) electrons.